The van der Waals surface area contributed by atoms with Crippen molar-refractivity contribution in [3.8, 4) is 0 Å². The third-order valence-electron chi connectivity index (χ3n) is 23.7. The van der Waals surface area contributed by atoms with Gasteiger partial charge in [-0.05, 0) is 98.7 Å². The average molecular weight is 1390 g/mol. The lowest BCUT2D eigenvalue weighted by Gasteiger charge is -2.58. The summed E-state index contributed by atoms with van der Waals surface area (Å²) in [4.78, 5) is 0. The zero-order chi connectivity index (χ0) is 69.5. The molecule has 0 spiro atoms. The van der Waals surface area contributed by atoms with Crippen molar-refractivity contribution in [1.29, 1.82) is 0 Å². The second-order valence-corrected chi connectivity index (χ2v) is 29.5. The van der Waals surface area contributed by atoms with E-state index in [0.717, 1.165) is 25.7 Å². The monoisotopic (exact) mass is 1390 g/mol. The molecule has 11 aliphatic rings. The summed E-state index contributed by atoms with van der Waals surface area (Å²) in [5.41, 5.74) is 0.791. The Morgan fingerprint density at radius 3 is 1.64 bits per heavy atom. The number of allylic oxidation sites excluding steroid dienone is 1. The van der Waals surface area contributed by atoms with Gasteiger partial charge in [-0.25, -0.2) is 0 Å². The minimum Gasteiger partial charge on any atom is -0.394 e. The maximum absolute atomic E-state index is 12.5. The molecule has 0 radical (unpaired) electrons. The van der Waals surface area contributed by atoms with Crippen LogP contribution in [0.5, 0.6) is 0 Å². The molecular weight excluding hydrogens is 1280 g/mol. The molecule has 11 rings (SSSR count). The van der Waals surface area contributed by atoms with Crippen LogP contribution in [0.15, 0.2) is 11.6 Å². The Morgan fingerprint density at radius 2 is 1.01 bits per heavy atom. The lowest BCUT2D eigenvalue weighted by Crippen LogP contribution is -2.68. The average Bonchev–Trinajstić information content (AvgIpc) is 1.58. The number of hydrogen-bond donors (Lipinski definition) is 20. The van der Waals surface area contributed by atoms with E-state index in [0.29, 0.717) is 49.9 Å². The van der Waals surface area contributed by atoms with Gasteiger partial charge in [-0.3, -0.25) is 0 Å². The molecule has 41 atom stereocenters. The summed E-state index contributed by atoms with van der Waals surface area (Å²) in [7, 11) is 0. The Morgan fingerprint density at radius 1 is 0.500 bits per heavy atom. The molecule has 0 aromatic heterocycles. The minimum absolute atomic E-state index is 0.0872. The summed E-state index contributed by atoms with van der Waals surface area (Å²) in [5.74, 6) is -0.721. The van der Waals surface area contributed by atoms with Crippen LogP contribution in [0.3, 0.4) is 0 Å². The molecule has 0 aromatic carbocycles. The van der Waals surface area contributed by atoms with Crippen molar-refractivity contribution in [3.63, 3.8) is 0 Å². The molecule has 7 heterocycles. The highest BCUT2D eigenvalue weighted by atomic mass is 16.8. The standard InChI is InChI=1S/C63H104O33/c1-22(20-84-55-46(77)43(74)38(69)31(16-64)88-55)8-13-63(83)23(2)36-30(96-63)15-29-27-7-6-25-14-26(9-11-61(25,4)28(27)10-12-62(29,36)5)87-60-54(95-57-48(79)42(73)37(68)24(3)86-57)50(81)52(34(19-67)91-60)93-59-51(82)53(41(72)33(18-66)90-59)94-58-49(80)45(76)40(71)35(92-58)21-85-56-47(78)44(75)39(70)32(17-65)89-56/h6,22-24,26-60,64-83H,7-21H2,1-5H3/t22-,23-,24-,26-,27+,28-,29-,30-,31+,32+,33+,34+,35+,36-,37-,38+,39+,40+,41+,42+,43-,44-,45-,46+,47+,48+,49+,50-,51+,52+,53-,54+,55+,56+,57-,58-,59-,60+,61-,62-,63+/m0/s1. The fourth-order valence-electron chi connectivity index (χ4n) is 17.9. The van der Waals surface area contributed by atoms with Gasteiger partial charge in [-0.15, -0.1) is 0 Å². The van der Waals surface area contributed by atoms with Gasteiger partial charge in [0.1, 0.15) is 140 Å². The smallest absolute Gasteiger partial charge is 0.187 e. The van der Waals surface area contributed by atoms with Crippen molar-refractivity contribution in [2.24, 2.45) is 46.3 Å². The fraction of sp³-hybridized carbons (Fsp3) is 0.968. The predicted molar refractivity (Wildman–Crippen MR) is 315 cm³/mol. The third kappa shape index (κ3) is 14.1. The van der Waals surface area contributed by atoms with Crippen molar-refractivity contribution < 1.29 is 164 Å². The lowest BCUT2D eigenvalue weighted by molar-refractivity contribution is -0.397. The van der Waals surface area contributed by atoms with Gasteiger partial charge in [0.05, 0.1) is 58.0 Å². The van der Waals surface area contributed by atoms with Gasteiger partial charge in [-0.1, -0.05) is 39.3 Å². The van der Waals surface area contributed by atoms with Crippen LogP contribution in [0.1, 0.15) is 92.4 Å². The normalized spacial score (nSPS) is 54.8. The fourth-order valence-corrected chi connectivity index (χ4v) is 17.9. The second kappa shape index (κ2) is 30.2. The number of hydrogen-bond acceptors (Lipinski definition) is 33. The maximum Gasteiger partial charge on any atom is 0.187 e. The van der Waals surface area contributed by atoms with E-state index in [4.69, 9.17) is 61.6 Å². The Labute approximate surface area is 554 Å². The van der Waals surface area contributed by atoms with E-state index >= 15 is 0 Å². The quantitative estimate of drug-likeness (QED) is 0.0475. The number of ether oxygens (including phenoxy) is 13. The molecule has 20 N–H and O–H groups in total. The van der Waals surface area contributed by atoms with Gasteiger partial charge in [0.15, 0.2) is 43.5 Å². The highest BCUT2D eigenvalue weighted by Gasteiger charge is 2.68. The summed E-state index contributed by atoms with van der Waals surface area (Å²) >= 11 is 0. The molecule has 7 saturated heterocycles. The molecule has 4 aliphatic carbocycles. The summed E-state index contributed by atoms with van der Waals surface area (Å²) in [6.45, 7) is 6.21. The Bertz CT molecular complexity index is 2560. The minimum atomic E-state index is -2.15. The SMILES string of the molecule is C[C@@H](CC[C@@]1(O)O[C@H]2C[C@H]3[C@@H]4CC=C5C[C@@H](O[C@@H]6O[C@H](CO)[C@@H](O[C@@H]7O[C@H](CO)[C@@H](O)[C@H](O[C@@H]8O[C@H](CO[C@@H]9O[C@H](CO)[C@@H](O)[C@H](O)[C@H]9O)[C@@H](O)[C@H](O)[C@H]8O)[C@H]7O)[C@H](O)[C@H]6O[C@@H]6O[C@@H](C)[C@H](O)[C@@H](O)[C@H]6O)CC[C@]5(C)[C@H]4CC[C@]3(C)[C@H]2[C@@H]1C)CO[C@@H]1O[C@H](CO)[C@@H](O)[C@H](O)[C@H]1O. The molecule has 3 saturated carbocycles. The first-order valence-electron chi connectivity index (χ1n) is 34.0. The molecule has 0 amide bonds. The molecular formula is C63H104O33. The summed E-state index contributed by atoms with van der Waals surface area (Å²) in [5, 5.41) is 216. The maximum atomic E-state index is 12.5. The van der Waals surface area contributed by atoms with E-state index < -0.39 is 229 Å². The summed E-state index contributed by atoms with van der Waals surface area (Å²) in [6, 6.07) is 0. The van der Waals surface area contributed by atoms with Gasteiger partial charge in [0, 0.05) is 12.3 Å². The Balaban J connectivity index is 0.746. The van der Waals surface area contributed by atoms with E-state index in [2.05, 4.69) is 26.8 Å². The van der Waals surface area contributed by atoms with Crippen LogP contribution in [-0.4, -0.2) is 344 Å². The molecule has 10 fully saturated rings. The summed E-state index contributed by atoms with van der Waals surface area (Å²) < 4.78 is 77.8. The van der Waals surface area contributed by atoms with Crippen LogP contribution in [0.2, 0.25) is 0 Å². The molecule has 0 aromatic rings. The van der Waals surface area contributed by atoms with Gasteiger partial charge in [-0.2, -0.15) is 0 Å². The zero-order valence-electron chi connectivity index (χ0n) is 54.4. The van der Waals surface area contributed by atoms with Crippen molar-refractivity contribution in [2.45, 2.75) is 295 Å². The molecule has 33 heteroatoms. The molecule has 0 bridgehead atoms. The van der Waals surface area contributed by atoms with Crippen molar-refractivity contribution >= 4 is 0 Å². The number of aliphatic hydroxyl groups excluding tert-OH is 19. The van der Waals surface area contributed by atoms with Crippen molar-refractivity contribution in [3.05, 3.63) is 11.6 Å². The third-order valence-corrected chi connectivity index (χ3v) is 23.7. The van der Waals surface area contributed by atoms with Gasteiger partial charge in [0.25, 0.3) is 0 Å². The van der Waals surface area contributed by atoms with E-state index in [1.807, 2.05) is 6.92 Å². The van der Waals surface area contributed by atoms with Crippen molar-refractivity contribution in [1.82, 2.24) is 0 Å². The van der Waals surface area contributed by atoms with Crippen LogP contribution in [0.4, 0.5) is 0 Å². The highest BCUT2D eigenvalue weighted by molar-refractivity contribution is 5.26. The number of rotatable bonds is 21. The molecule has 33 nitrogen and oxygen atoms in total. The van der Waals surface area contributed by atoms with Crippen LogP contribution in [0, 0.1) is 46.3 Å². The van der Waals surface area contributed by atoms with Gasteiger partial charge in [0.2, 0.25) is 0 Å². The van der Waals surface area contributed by atoms with Crippen molar-refractivity contribution in [2.75, 3.05) is 39.6 Å². The number of fused-ring (bicyclic) bond motifs is 7. The Hall–Kier alpha value is -1.58. The first kappa shape index (κ1) is 75.6. The van der Waals surface area contributed by atoms with E-state index in [9.17, 15) is 102 Å². The van der Waals surface area contributed by atoms with Crippen LogP contribution < -0.4 is 0 Å². The molecule has 0 unspecified atom stereocenters. The van der Waals surface area contributed by atoms with E-state index in [1.54, 1.807) is 0 Å². The van der Waals surface area contributed by atoms with E-state index in [1.165, 1.54) is 12.5 Å². The first-order valence-corrected chi connectivity index (χ1v) is 34.0. The molecule has 7 aliphatic heterocycles. The lowest BCUT2D eigenvalue weighted by atomic mass is 9.47. The van der Waals surface area contributed by atoms with Crippen LogP contribution >= 0.6 is 0 Å². The Kier molecular flexibility index (Phi) is 23.8. The van der Waals surface area contributed by atoms with E-state index in [-0.39, 0.29) is 41.3 Å². The van der Waals surface area contributed by atoms with Crippen LogP contribution in [-0.2, 0) is 61.6 Å². The largest absolute Gasteiger partial charge is 0.394 e. The first-order chi connectivity index (χ1) is 45.4. The summed E-state index contributed by atoms with van der Waals surface area (Å²) in [6.07, 6.45) is -44.1. The molecule has 554 valence electrons. The predicted octanol–water partition coefficient (Wildman–Crippen LogP) is -7.36. The zero-order valence-corrected chi connectivity index (χ0v) is 54.4. The highest BCUT2D eigenvalue weighted by Crippen LogP contribution is 2.70. The van der Waals surface area contributed by atoms with Gasteiger partial charge < -0.3 is 164 Å². The van der Waals surface area contributed by atoms with Crippen LogP contribution in [0.25, 0.3) is 0 Å². The van der Waals surface area contributed by atoms with Gasteiger partial charge >= 0.3 is 0 Å². The topological polar surface area (TPSA) is 525 Å². The second-order valence-electron chi connectivity index (χ2n) is 29.5. The number of aliphatic hydroxyl groups is 20. The molecule has 96 heavy (non-hydrogen) atoms.